The number of ketones is 1. The molecule has 0 bridgehead atoms. The first-order valence-corrected chi connectivity index (χ1v) is 16.3. The molecule has 4 aromatic carbocycles. The molecule has 0 saturated carbocycles. The average molecular weight is 643 g/mol. The maximum Gasteiger partial charge on any atom is 0.301 e. The molecule has 226 valence electrons. The number of anilines is 1. The maximum absolute atomic E-state index is 13.6. The lowest BCUT2D eigenvalue weighted by molar-refractivity contribution is -0.132. The van der Waals surface area contributed by atoms with E-state index in [1.54, 1.807) is 36.4 Å². The summed E-state index contributed by atoms with van der Waals surface area (Å²) in [7, 11) is 0. The minimum atomic E-state index is -0.930. The van der Waals surface area contributed by atoms with E-state index in [0.29, 0.717) is 33.6 Å². The number of aliphatic hydroxyl groups is 1. The van der Waals surface area contributed by atoms with E-state index in [4.69, 9.17) is 4.74 Å². The summed E-state index contributed by atoms with van der Waals surface area (Å²) in [5, 5.41) is 22.7. The fourth-order valence-electron chi connectivity index (χ4n) is 5.41. The molecule has 6 aromatic rings. The van der Waals surface area contributed by atoms with Crippen LogP contribution in [0.5, 0.6) is 5.75 Å². The molecule has 46 heavy (non-hydrogen) atoms. The number of pyridine rings is 1. The van der Waals surface area contributed by atoms with Crippen molar-refractivity contribution in [1.29, 1.82) is 0 Å². The van der Waals surface area contributed by atoms with Gasteiger partial charge in [0.2, 0.25) is 5.13 Å². The third-order valence-electron chi connectivity index (χ3n) is 7.68. The first kappa shape index (κ1) is 29.4. The van der Waals surface area contributed by atoms with Crippen LogP contribution >= 0.6 is 23.1 Å². The SMILES string of the molecule is O=C1C(=O)N(c2nnc(SCc3cccc4ccccc34)s2)C(c2ccc(OCc3ccccc3)cc2)/C1=C(\O)c1ccncc1. The minimum absolute atomic E-state index is 0.0330. The molecule has 0 radical (unpaired) electrons. The van der Waals surface area contributed by atoms with Crippen molar-refractivity contribution in [2.45, 2.75) is 22.7 Å². The molecule has 1 fully saturated rings. The first-order chi connectivity index (χ1) is 22.6. The molecule has 1 amide bonds. The van der Waals surface area contributed by atoms with Gasteiger partial charge >= 0.3 is 5.91 Å². The van der Waals surface area contributed by atoms with Crippen molar-refractivity contribution in [3.05, 3.63) is 149 Å². The van der Waals surface area contributed by atoms with Crippen LogP contribution in [0.2, 0.25) is 0 Å². The topological polar surface area (TPSA) is 106 Å². The molecule has 0 spiro atoms. The van der Waals surface area contributed by atoms with Crippen LogP contribution in [0.25, 0.3) is 16.5 Å². The second-order valence-corrected chi connectivity index (χ2v) is 12.7. The van der Waals surface area contributed by atoms with E-state index >= 15 is 0 Å². The van der Waals surface area contributed by atoms with E-state index < -0.39 is 17.7 Å². The zero-order chi connectivity index (χ0) is 31.5. The number of ether oxygens (including phenoxy) is 1. The van der Waals surface area contributed by atoms with Gasteiger partial charge in [-0.15, -0.1) is 10.2 Å². The monoisotopic (exact) mass is 642 g/mol. The third-order valence-corrected chi connectivity index (χ3v) is 9.78. The highest BCUT2D eigenvalue weighted by Gasteiger charge is 2.48. The highest BCUT2D eigenvalue weighted by molar-refractivity contribution is 8.00. The first-order valence-electron chi connectivity index (χ1n) is 14.5. The number of hydrogen-bond donors (Lipinski definition) is 1. The van der Waals surface area contributed by atoms with Crippen LogP contribution in [0.3, 0.4) is 0 Å². The zero-order valence-corrected chi connectivity index (χ0v) is 25.9. The van der Waals surface area contributed by atoms with Crippen LogP contribution in [-0.2, 0) is 21.9 Å². The standard InChI is InChI=1S/C36H26N4O4S2/c41-32(26-17-19-37-20-18-26)30-31(25-13-15-28(16-14-25)44-21-23-7-2-1-3-8-23)40(34(43)33(30)42)35-38-39-36(46-35)45-22-27-11-6-10-24-9-4-5-12-29(24)27/h1-20,31,41H,21-22H2/b32-30+. The van der Waals surface area contributed by atoms with Gasteiger partial charge in [0, 0.05) is 23.7 Å². The van der Waals surface area contributed by atoms with Crippen molar-refractivity contribution >= 4 is 56.5 Å². The van der Waals surface area contributed by atoms with Crippen molar-refractivity contribution in [2.75, 3.05) is 4.90 Å². The minimum Gasteiger partial charge on any atom is -0.507 e. The second kappa shape index (κ2) is 13.0. The number of aliphatic hydroxyl groups excluding tert-OH is 1. The summed E-state index contributed by atoms with van der Waals surface area (Å²) in [5.41, 5.74) is 3.15. The van der Waals surface area contributed by atoms with Crippen molar-refractivity contribution in [1.82, 2.24) is 15.2 Å². The second-order valence-electron chi connectivity index (χ2n) is 10.5. The largest absolute Gasteiger partial charge is 0.507 e. The number of carbonyl (C=O) groups is 2. The number of hydrogen-bond acceptors (Lipinski definition) is 9. The van der Waals surface area contributed by atoms with Gasteiger partial charge in [0.25, 0.3) is 5.78 Å². The van der Waals surface area contributed by atoms with Crippen molar-refractivity contribution in [3.63, 3.8) is 0 Å². The summed E-state index contributed by atoms with van der Waals surface area (Å²) in [6.45, 7) is 0.394. The van der Waals surface area contributed by atoms with Crippen LogP contribution < -0.4 is 9.64 Å². The number of amides is 1. The molecule has 0 aliphatic carbocycles. The summed E-state index contributed by atoms with van der Waals surface area (Å²) in [4.78, 5) is 32.5. The van der Waals surface area contributed by atoms with Gasteiger partial charge in [-0.05, 0) is 51.7 Å². The van der Waals surface area contributed by atoms with Crippen LogP contribution in [0, 0.1) is 0 Å². The van der Waals surface area contributed by atoms with Crippen molar-refractivity contribution < 1.29 is 19.4 Å². The molecule has 1 saturated heterocycles. The normalized spacial score (nSPS) is 15.8. The van der Waals surface area contributed by atoms with E-state index in [9.17, 15) is 14.7 Å². The van der Waals surface area contributed by atoms with Gasteiger partial charge in [-0.3, -0.25) is 19.5 Å². The van der Waals surface area contributed by atoms with Gasteiger partial charge in [-0.1, -0.05) is 108 Å². The van der Waals surface area contributed by atoms with E-state index in [1.165, 1.54) is 45.8 Å². The third kappa shape index (κ3) is 5.88. The molecule has 1 atom stereocenters. The molecule has 7 rings (SSSR count). The van der Waals surface area contributed by atoms with Gasteiger partial charge in [0.05, 0.1) is 11.6 Å². The van der Waals surface area contributed by atoms with Gasteiger partial charge in [-0.25, -0.2) is 0 Å². The Morgan fingerprint density at radius 2 is 1.59 bits per heavy atom. The smallest absolute Gasteiger partial charge is 0.301 e. The van der Waals surface area contributed by atoms with E-state index in [2.05, 4.69) is 39.4 Å². The van der Waals surface area contributed by atoms with Gasteiger partial charge in [0.15, 0.2) is 4.34 Å². The van der Waals surface area contributed by atoms with E-state index in [1.807, 2.05) is 48.5 Å². The summed E-state index contributed by atoms with van der Waals surface area (Å²) in [5.74, 6) is -0.588. The number of benzene rings is 4. The lowest BCUT2D eigenvalue weighted by Crippen LogP contribution is -2.29. The van der Waals surface area contributed by atoms with Gasteiger partial charge in [0.1, 0.15) is 18.1 Å². The zero-order valence-electron chi connectivity index (χ0n) is 24.3. The number of nitrogens with zero attached hydrogens (tertiary/aromatic N) is 4. The molecule has 3 heterocycles. The maximum atomic E-state index is 13.6. The number of thioether (sulfide) groups is 1. The average Bonchev–Trinajstić information content (AvgIpc) is 3.68. The Morgan fingerprint density at radius 1 is 0.848 bits per heavy atom. The summed E-state index contributed by atoms with van der Waals surface area (Å²) < 4.78 is 6.62. The molecular weight excluding hydrogens is 617 g/mol. The van der Waals surface area contributed by atoms with E-state index in [-0.39, 0.29) is 16.5 Å². The number of aromatic nitrogens is 3. The predicted octanol–water partition coefficient (Wildman–Crippen LogP) is 7.58. The summed E-state index contributed by atoms with van der Waals surface area (Å²) in [6, 6.07) is 33.6. The number of rotatable bonds is 9. The lowest BCUT2D eigenvalue weighted by Gasteiger charge is -2.22. The fraction of sp³-hybridized carbons (Fsp3) is 0.0833. The van der Waals surface area contributed by atoms with Gasteiger partial charge in [-0.2, -0.15) is 0 Å². The Bertz CT molecular complexity index is 2060. The van der Waals surface area contributed by atoms with Gasteiger partial charge < -0.3 is 9.84 Å². The molecule has 10 heteroatoms. The quantitative estimate of drug-likeness (QED) is 0.0566. The Labute approximate surface area is 273 Å². The molecule has 2 aromatic heterocycles. The molecule has 1 N–H and O–H groups in total. The van der Waals surface area contributed by atoms with Crippen LogP contribution in [-0.4, -0.2) is 32.0 Å². The van der Waals surface area contributed by atoms with Crippen molar-refractivity contribution in [3.8, 4) is 5.75 Å². The van der Waals surface area contributed by atoms with Crippen LogP contribution in [0.1, 0.15) is 28.3 Å². The summed E-state index contributed by atoms with van der Waals surface area (Å²) >= 11 is 2.75. The fourth-order valence-corrected chi connectivity index (χ4v) is 7.29. The Balaban J connectivity index is 1.20. The molecule has 1 unspecified atom stereocenters. The Hall–Kier alpha value is -5.32. The van der Waals surface area contributed by atoms with Crippen LogP contribution in [0.15, 0.2) is 132 Å². The van der Waals surface area contributed by atoms with Crippen molar-refractivity contribution in [2.24, 2.45) is 0 Å². The molecular formula is C36H26N4O4S2. The molecule has 1 aliphatic heterocycles. The highest BCUT2D eigenvalue weighted by atomic mass is 32.2. The highest BCUT2D eigenvalue weighted by Crippen LogP contribution is 2.44. The number of carbonyl (C=O) groups excluding carboxylic acids is 2. The summed E-state index contributed by atoms with van der Waals surface area (Å²) in [6.07, 6.45) is 3.03. The van der Waals surface area contributed by atoms with Crippen LogP contribution in [0.4, 0.5) is 5.13 Å². The molecule has 8 nitrogen and oxygen atoms in total. The number of fused-ring (bicyclic) bond motifs is 1. The lowest BCUT2D eigenvalue weighted by atomic mass is 9.95. The Morgan fingerprint density at radius 3 is 2.39 bits per heavy atom. The Kier molecular flexibility index (Phi) is 8.28. The predicted molar refractivity (Wildman–Crippen MR) is 180 cm³/mol. The number of Topliss-reactive ketones (excluding diaryl/α,β-unsaturated/α-hetero) is 1. The molecule has 1 aliphatic rings. The van der Waals surface area contributed by atoms with E-state index in [0.717, 1.165) is 16.5 Å².